The molecular weight excluding hydrogens is 517 g/mol. The van der Waals surface area contributed by atoms with Crippen molar-refractivity contribution in [2.75, 3.05) is 33.4 Å². The number of amidine groups is 1. The SMILES string of the molecule is Cc1cn(-c2ccc(CC3CC4(COC4)CN4C3=NN(C)CC4(C)c3ccc(F)cc3)c3c2[Si](C)(C)CC3)cn1. The highest BCUT2D eigenvalue weighted by Gasteiger charge is 2.54. The Kier molecular flexibility index (Phi) is 5.85. The lowest BCUT2D eigenvalue weighted by Crippen LogP contribution is -2.67. The van der Waals surface area contributed by atoms with Crippen molar-refractivity contribution >= 4 is 19.1 Å². The summed E-state index contributed by atoms with van der Waals surface area (Å²) >= 11 is 0. The number of hydrogen-bond donors (Lipinski definition) is 0. The highest BCUT2D eigenvalue weighted by atomic mass is 28.3. The molecule has 2 fully saturated rings. The maximum Gasteiger partial charge on any atom is 0.129 e. The largest absolute Gasteiger partial charge is 0.380 e. The van der Waals surface area contributed by atoms with E-state index in [1.165, 1.54) is 23.1 Å². The number of rotatable bonds is 4. The van der Waals surface area contributed by atoms with E-state index in [9.17, 15) is 4.39 Å². The first kappa shape index (κ1) is 26.0. The van der Waals surface area contributed by atoms with Crippen LogP contribution in [0.5, 0.6) is 0 Å². The molecule has 210 valence electrons. The van der Waals surface area contributed by atoms with Gasteiger partial charge in [-0.25, -0.2) is 9.37 Å². The molecule has 5 heterocycles. The first-order valence-corrected chi connectivity index (χ1v) is 17.9. The van der Waals surface area contributed by atoms with Crippen molar-refractivity contribution in [1.29, 1.82) is 0 Å². The van der Waals surface area contributed by atoms with Crippen LogP contribution >= 0.6 is 0 Å². The monoisotopic (exact) mass is 557 g/mol. The fraction of sp³-hybridized carbons (Fsp3) is 0.500. The summed E-state index contributed by atoms with van der Waals surface area (Å²) in [6, 6.07) is 13.1. The van der Waals surface area contributed by atoms with Crippen molar-refractivity contribution < 1.29 is 9.13 Å². The third-order valence-electron chi connectivity index (χ3n) is 10.0. The second-order valence-electron chi connectivity index (χ2n) is 13.6. The maximum absolute atomic E-state index is 13.9. The summed E-state index contributed by atoms with van der Waals surface area (Å²) in [5, 5.41) is 8.90. The number of nitrogens with zero attached hydrogens (tertiary/aromatic N) is 5. The Bertz CT molecular complexity index is 1490. The number of imidazole rings is 1. The Balaban J connectivity index is 1.29. The smallest absolute Gasteiger partial charge is 0.129 e. The summed E-state index contributed by atoms with van der Waals surface area (Å²) in [7, 11) is 0.512. The summed E-state index contributed by atoms with van der Waals surface area (Å²) in [4.78, 5) is 7.08. The zero-order valence-corrected chi connectivity index (χ0v) is 25.4. The number of fused-ring (bicyclic) bond motifs is 2. The van der Waals surface area contributed by atoms with Crippen molar-refractivity contribution in [2.24, 2.45) is 16.4 Å². The van der Waals surface area contributed by atoms with Crippen LogP contribution < -0.4 is 5.19 Å². The number of aromatic nitrogens is 2. The van der Waals surface area contributed by atoms with Crippen molar-refractivity contribution in [1.82, 2.24) is 19.5 Å². The molecule has 0 N–H and O–H groups in total. The van der Waals surface area contributed by atoms with Gasteiger partial charge in [-0.05, 0) is 79.2 Å². The lowest BCUT2D eigenvalue weighted by atomic mass is 9.69. The van der Waals surface area contributed by atoms with Gasteiger partial charge in [-0.1, -0.05) is 31.3 Å². The van der Waals surface area contributed by atoms with Crippen LogP contribution in [0.2, 0.25) is 19.1 Å². The molecule has 2 atom stereocenters. The van der Waals surface area contributed by atoms with Crippen LogP contribution in [0.25, 0.3) is 5.69 Å². The van der Waals surface area contributed by atoms with E-state index < -0.39 is 8.07 Å². The highest BCUT2D eigenvalue weighted by Crippen LogP contribution is 2.47. The molecule has 4 aliphatic heterocycles. The van der Waals surface area contributed by atoms with Gasteiger partial charge in [0.1, 0.15) is 11.7 Å². The van der Waals surface area contributed by atoms with Crippen LogP contribution in [-0.2, 0) is 23.1 Å². The van der Waals surface area contributed by atoms with Gasteiger partial charge >= 0.3 is 0 Å². The second-order valence-corrected chi connectivity index (χ2v) is 18.4. The van der Waals surface area contributed by atoms with Crippen LogP contribution in [0.1, 0.15) is 35.7 Å². The summed E-state index contributed by atoms with van der Waals surface area (Å²) in [6.45, 7) is 12.7. The van der Waals surface area contributed by atoms with Gasteiger partial charge in [0.25, 0.3) is 0 Å². The predicted molar refractivity (Wildman–Crippen MR) is 160 cm³/mol. The molecule has 0 radical (unpaired) electrons. The first-order valence-electron chi connectivity index (χ1n) is 14.6. The van der Waals surface area contributed by atoms with E-state index in [0.29, 0.717) is 5.92 Å². The van der Waals surface area contributed by atoms with E-state index in [1.54, 1.807) is 22.9 Å². The zero-order valence-electron chi connectivity index (χ0n) is 24.4. The molecule has 8 heteroatoms. The minimum absolute atomic E-state index is 0.145. The Labute approximate surface area is 237 Å². The average molecular weight is 558 g/mol. The van der Waals surface area contributed by atoms with Gasteiger partial charge in [-0.2, -0.15) is 5.10 Å². The Morgan fingerprint density at radius 2 is 1.88 bits per heavy atom. The first-order chi connectivity index (χ1) is 19.1. The molecule has 7 rings (SSSR count). The van der Waals surface area contributed by atoms with E-state index in [-0.39, 0.29) is 16.8 Å². The number of ether oxygens (including phenoxy) is 1. The molecule has 0 saturated carbocycles. The topological polar surface area (TPSA) is 45.9 Å². The van der Waals surface area contributed by atoms with E-state index >= 15 is 0 Å². The summed E-state index contributed by atoms with van der Waals surface area (Å²) in [6.07, 6.45) is 7.36. The Morgan fingerprint density at radius 1 is 1.10 bits per heavy atom. The molecule has 2 aromatic carbocycles. The fourth-order valence-electron chi connectivity index (χ4n) is 7.95. The number of aryl methyl sites for hydroxylation is 1. The summed E-state index contributed by atoms with van der Waals surface area (Å²) in [5.41, 5.74) is 6.42. The number of piperidine rings is 1. The molecule has 0 amide bonds. The third-order valence-corrected chi connectivity index (χ3v) is 13.4. The molecule has 2 unspecified atom stereocenters. The van der Waals surface area contributed by atoms with Crippen molar-refractivity contribution in [3.8, 4) is 5.69 Å². The lowest BCUT2D eigenvalue weighted by molar-refractivity contribution is -0.149. The average Bonchev–Trinajstić information content (AvgIpc) is 3.47. The third kappa shape index (κ3) is 4.05. The molecular formula is C32H40FN5OSi. The Morgan fingerprint density at radius 3 is 2.55 bits per heavy atom. The number of hydrazone groups is 1. The lowest BCUT2D eigenvalue weighted by Gasteiger charge is -2.59. The van der Waals surface area contributed by atoms with Gasteiger partial charge in [0.05, 0.1) is 45.4 Å². The molecule has 2 saturated heterocycles. The number of likely N-dealkylation sites (N-methyl/N-ethyl adjacent to an activating group) is 1. The predicted octanol–water partition coefficient (Wildman–Crippen LogP) is 4.85. The molecule has 6 nitrogen and oxygen atoms in total. The van der Waals surface area contributed by atoms with Crippen molar-refractivity contribution in [3.05, 3.63) is 77.1 Å². The molecule has 4 aliphatic rings. The normalized spacial score (nSPS) is 26.4. The van der Waals surface area contributed by atoms with Gasteiger partial charge in [0.15, 0.2) is 0 Å². The molecule has 40 heavy (non-hydrogen) atoms. The van der Waals surface area contributed by atoms with Gasteiger partial charge in [0, 0.05) is 36.8 Å². The van der Waals surface area contributed by atoms with Crippen LogP contribution in [0, 0.1) is 24.1 Å². The highest BCUT2D eigenvalue weighted by molar-refractivity contribution is 6.91. The van der Waals surface area contributed by atoms with E-state index in [1.807, 2.05) is 18.5 Å². The quantitative estimate of drug-likeness (QED) is 0.431. The van der Waals surface area contributed by atoms with Crippen molar-refractivity contribution in [2.45, 2.75) is 57.8 Å². The summed E-state index contributed by atoms with van der Waals surface area (Å²) < 4.78 is 22.0. The van der Waals surface area contributed by atoms with Gasteiger partial charge in [0.2, 0.25) is 0 Å². The van der Waals surface area contributed by atoms with E-state index in [0.717, 1.165) is 56.8 Å². The number of halogens is 1. The zero-order chi connectivity index (χ0) is 27.9. The Hall–Kier alpha value is -2.97. The molecule has 3 aromatic rings. The fourth-order valence-corrected chi connectivity index (χ4v) is 11.1. The van der Waals surface area contributed by atoms with Crippen LogP contribution in [-0.4, -0.2) is 66.7 Å². The minimum atomic E-state index is -1.57. The van der Waals surface area contributed by atoms with Crippen LogP contribution in [0.15, 0.2) is 54.0 Å². The van der Waals surface area contributed by atoms with E-state index in [4.69, 9.17) is 9.84 Å². The van der Waals surface area contributed by atoms with Gasteiger partial charge in [-0.3, -0.25) is 5.01 Å². The molecule has 1 spiro atoms. The molecule has 0 bridgehead atoms. The van der Waals surface area contributed by atoms with Crippen LogP contribution in [0.4, 0.5) is 4.39 Å². The van der Waals surface area contributed by atoms with Gasteiger partial charge < -0.3 is 14.2 Å². The number of hydrogen-bond acceptors (Lipinski definition) is 5. The van der Waals surface area contributed by atoms with Crippen LogP contribution in [0.3, 0.4) is 0 Å². The maximum atomic E-state index is 13.9. The molecule has 1 aromatic heterocycles. The second kappa shape index (κ2) is 9.01. The summed E-state index contributed by atoms with van der Waals surface area (Å²) in [5.74, 6) is 1.28. The minimum Gasteiger partial charge on any atom is -0.380 e. The van der Waals surface area contributed by atoms with Crippen molar-refractivity contribution in [3.63, 3.8) is 0 Å². The van der Waals surface area contributed by atoms with E-state index in [2.05, 4.69) is 71.8 Å². The van der Waals surface area contributed by atoms with Gasteiger partial charge in [-0.15, -0.1) is 0 Å². The standard InChI is InChI=1S/C32H40FN5OSi/c1-22-16-37(21-34-22)28-11-6-23(27-12-13-40(4,5)29(27)28)14-24-15-32(19-39-20-32)18-38-30(24)35-36(3)17-31(38,2)25-7-9-26(33)10-8-25/h6-11,16,21,24H,12-15,17-20H2,1-5H3. The number of benzene rings is 2. The molecule has 0 aliphatic carbocycles.